The molecular weight excluding hydrogens is 346 g/mol. The smallest absolute Gasteiger partial charge is 0.254 e. The molecule has 0 bridgehead atoms. The van der Waals surface area contributed by atoms with Gasteiger partial charge in [0.2, 0.25) is 0 Å². The normalized spacial score (nSPS) is 10.5. The van der Waals surface area contributed by atoms with Gasteiger partial charge in [-0.15, -0.1) is 0 Å². The molecule has 0 aliphatic heterocycles. The molecule has 0 spiro atoms. The summed E-state index contributed by atoms with van der Waals surface area (Å²) in [6.45, 7) is 3.99. The van der Waals surface area contributed by atoms with Crippen LogP contribution in [0.3, 0.4) is 0 Å². The summed E-state index contributed by atoms with van der Waals surface area (Å²) < 4.78 is 5.71. The van der Waals surface area contributed by atoms with Crippen molar-refractivity contribution in [3.8, 4) is 5.75 Å². The zero-order chi connectivity index (χ0) is 19.6. The van der Waals surface area contributed by atoms with Gasteiger partial charge in [-0.1, -0.05) is 74.0 Å². The van der Waals surface area contributed by atoms with Gasteiger partial charge in [-0.3, -0.25) is 4.79 Å². The van der Waals surface area contributed by atoms with E-state index in [-0.39, 0.29) is 5.91 Å². The van der Waals surface area contributed by atoms with E-state index in [0.717, 1.165) is 29.7 Å². The summed E-state index contributed by atoms with van der Waals surface area (Å²) >= 11 is 0. The van der Waals surface area contributed by atoms with Crippen LogP contribution >= 0.6 is 0 Å². The van der Waals surface area contributed by atoms with Gasteiger partial charge in [0.25, 0.3) is 5.91 Å². The SMILES string of the molecule is CCCCOc1ccc(C(=O)N(Cc2ccccc2)Cc2ccccc2)cc1. The number of carbonyl (C=O) groups excluding carboxylic acids is 1. The fraction of sp³-hybridized carbons (Fsp3) is 0.240. The molecule has 28 heavy (non-hydrogen) atoms. The molecule has 0 heterocycles. The quantitative estimate of drug-likeness (QED) is 0.450. The first kappa shape index (κ1) is 19.7. The predicted molar refractivity (Wildman–Crippen MR) is 113 cm³/mol. The van der Waals surface area contributed by atoms with E-state index in [1.165, 1.54) is 0 Å². The van der Waals surface area contributed by atoms with Crippen LogP contribution in [-0.2, 0) is 13.1 Å². The fourth-order valence-electron chi connectivity index (χ4n) is 3.02. The van der Waals surface area contributed by atoms with Crippen LogP contribution in [0.2, 0.25) is 0 Å². The molecule has 3 aromatic rings. The zero-order valence-corrected chi connectivity index (χ0v) is 16.4. The summed E-state index contributed by atoms with van der Waals surface area (Å²) in [5.41, 5.74) is 2.91. The maximum absolute atomic E-state index is 13.2. The predicted octanol–water partition coefficient (Wildman–Crippen LogP) is 5.71. The molecule has 0 unspecified atom stereocenters. The molecule has 3 rings (SSSR count). The molecule has 144 valence electrons. The van der Waals surface area contributed by atoms with Crippen LogP contribution in [0, 0.1) is 0 Å². The molecule has 0 fully saturated rings. The molecular formula is C25H27NO2. The Morgan fingerprint density at radius 3 is 1.82 bits per heavy atom. The van der Waals surface area contributed by atoms with Crippen LogP contribution in [0.1, 0.15) is 41.3 Å². The Morgan fingerprint density at radius 2 is 1.32 bits per heavy atom. The number of amides is 1. The fourth-order valence-corrected chi connectivity index (χ4v) is 3.02. The van der Waals surface area contributed by atoms with Crippen LogP contribution in [0.5, 0.6) is 5.75 Å². The molecule has 3 aromatic carbocycles. The number of benzene rings is 3. The number of hydrogen-bond donors (Lipinski definition) is 0. The molecule has 3 heteroatoms. The molecule has 0 atom stereocenters. The van der Waals surface area contributed by atoms with Crippen molar-refractivity contribution < 1.29 is 9.53 Å². The number of ether oxygens (including phenoxy) is 1. The summed E-state index contributed by atoms with van der Waals surface area (Å²) in [6.07, 6.45) is 2.13. The molecule has 0 N–H and O–H groups in total. The molecule has 0 aliphatic rings. The summed E-state index contributed by atoms with van der Waals surface area (Å²) in [5, 5.41) is 0. The lowest BCUT2D eigenvalue weighted by Crippen LogP contribution is -2.30. The maximum atomic E-state index is 13.2. The Morgan fingerprint density at radius 1 is 0.786 bits per heavy atom. The van der Waals surface area contributed by atoms with Crippen molar-refractivity contribution in [2.45, 2.75) is 32.9 Å². The van der Waals surface area contributed by atoms with Crippen molar-refractivity contribution in [2.24, 2.45) is 0 Å². The topological polar surface area (TPSA) is 29.5 Å². The number of hydrogen-bond acceptors (Lipinski definition) is 2. The van der Waals surface area contributed by atoms with E-state index in [2.05, 4.69) is 31.2 Å². The van der Waals surface area contributed by atoms with Crippen LogP contribution in [0.15, 0.2) is 84.9 Å². The molecule has 0 saturated heterocycles. The van der Waals surface area contributed by atoms with Crippen LogP contribution in [0.25, 0.3) is 0 Å². The van der Waals surface area contributed by atoms with Gasteiger partial charge in [-0.05, 0) is 41.8 Å². The first-order chi connectivity index (χ1) is 13.8. The molecule has 0 radical (unpaired) electrons. The van der Waals surface area contributed by atoms with Gasteiger partial charge in [-0.2, -0.15) is 0 Å². The Balaban J connectivity index is 1.75. The molecule has 3 nitrogen and oxygen atoms in total. The standard InChI is InChI=1S/C25H27NO2/c1-2-3-18-28-24-16-14-23(15-17-24)25(27)26(19-21-10-6-4-7-11-21)20-22-12-8-5-9-13-22/h4-17H,2-3,18-20H2,1H3. The lowest BCUT2D eigenvalue weighted by atomic mass is 10.1. The van der Waals surface area contributed by atoms with Crippen molar-refractivity contribution >= 4 is 5.91 Å². The Hall–Kier alpha value is -3.07. The molecule has 0 aromatic heterocycles. The largest absolute Gasteiger partial charge is 0.494 e. The first-order valence-electron chi connectivity index (χ1n) is 9.86. The summed E-state index contributed by atoms with van der Waals surface area (Å²) in [4.78, 5) is 15.1. The van der Waals surface area contributed by atoms with Gasteiger partial charge in [0.15, 0.2) is 0 Å². The third kappa shape index (κ3) is 5.71. The summed E-state index contributed by atoms with van der Waals surface area (Å²) in [7, 11) is 0. The number of rotatable bonds is 9. The van der Waals surface area contributed by atoms with Gasteiger partial charge < -0.3 is 9.64 Å². The minimum absolute atomic E-state index is 0.0211. The Labute approximate surface area is 167 Å². The highest BCUT2D eigenvalue weighted by molar-refractivity contribution is 5.94. The van der Waals surface area contributed by atoms with Crippen molar-refractivity contribution in [2.75, 3.05) is 6.61 Å². The van der Waals surface area contributed by atoms with Gasteiger partial charge in [0, 0.05) is 18.7 Å². The van der Waals surface area contributed by atoms with Crippen LogP contribution < -0.4 is 4.74 Å². The number of carbonyl (C=O) groups is 1. The van der Waals surface area contributed by atoms with E-state index in [9.17, 15) is 4.79 Å². The number of nitrogens with zero attached hydrogens (tertiary/aromatic N) is 1. The lowest BCUT2D eigenvalue weighted by Gasteiger charge is -2.23. The van der Waals surface area contributed by atoms with Gasteiger partial charge in [0.1, 0.15) is 5.75 Å². The second-order valence-corrected chi connectivity index (χ2v) is 6.86. The third-order valence-electron chi connectivity index (χ3n) is 4.59. The van der Waals surface area contributed by atoms with E-state index in [4.69, 9.17) is 4.74 Å². The molecule has 1 amide bonds. The summed E-state index contributed by atoms with van der Waals surface area (Å²) in [5.74, 6) is 0.829. The van der Waals surface area contributed by atoms with Crippen molar-refractivity contribution in [1.29, 1.82) is 0 Å². The Bertz CT molecular complexity index is 803. The average Bonchev–Trinajstić information content (AvgIpc) is 2.75. The third-order valence-corrected chi connectivity index (χ3v) is 4.59. The van der Waals surface area contributed by atoms with Gasteiger partial charge in [-0.25, -0.2) is 0 Å². The van der Waals surface area contributed by atoms with E-state index in [1.54, 1.807) is 0 Å². The first-order valence-corrected chi connectivity index (χ1v) is 9.86. The van der Waals surface area contributed by atoms with Gasteiger partial charge >= 0.3 is 0 Å². The average molecular weight is 373 g/mol. The monoisotopic (exact) mass is 373 g/mol. The van der Waals surface area contributed by atoms with E-state index in [1.807, 2.05) is 65.6 Å². The van der Waals surface area contributed by atoms with Crippen LogP contribution in [-0.4, -0.2) is 17.4 Å². The highest BCUT2D eigenvalue weighted by Gasteiger charge is 2.17. The van der Waals surface area contributed by atoms with Crippen molar-refractivity contribution in [3.63, 3.8) is 0 Å². The van der Waals surface area contributed by atoms with Gasteiger partial charge in [0.05, 0.1) is 6.61 Å². The second-order valence-electron chi connectivity index (χ2n) is 6.86. The van der Waals surface area contributed by atoms with E-state index in [0.29, 0.717) is 25.3 Å². The molecule has 0 aliphatic carbocycles. The van der Waals surface area contributed by atoms with Crippen LogP contribution in [0.4, 0.5) is 0 Å². The maximum Gasteiger partial charge on any atom is 0.254 e. The van der Waals surface area contributed by atoms with Crippen molar-refractivity contribution in [3.05, 3.63) is 102 Å². The summed E-state index contributed by atoms with van der Waals surface area (Å²) in [6, 6.07) is 27.7. The van der Waals surface area contributed by atoms with Crippen molar-refractivity contribution in [1.82, 2.24) is 4.90 Å². The molecule has 0 saturated carbocycles. The van der Waals surface area contributed by atoms with E-state index >= 15 is 0 Å². The lowest BCUT2D eigenvalue weighted by molar-refractivity contribution is 0.0730. The highest BCUT2D eigenvalue weighted by Crippen LogP contribution is 2.17. The second kappa shape index (κ2) is 10.3. The minimum atomic E-state index is 0.0211. The minimum Gasteiger partial charge on any atom is -0.494 e. The Kier molecular flexibility index (Phi) is 7.25. The number of unbranched alkanes of at least 4 members (excludes halogenated alkanes) is 1. The van der Waals surface area contributed by atoms with E-state index < -0.39 is 0 Å². The highest BCUT2D eigenvalue weighted by atomic mass is 16.5. The zero-order valence-electron chi connectivity index (χ0n) is 16.4.